The number of rotatable bonds is 4. The van der Waals surface area contributed by atoms with Crippen molar-refractivity contribution < 1.29 is 9.53 Å². The Kier molecular flexibility index (Phi) is 4.49. The third-order valence-electron chi connectivity index (χ3n) is 3.12. The third-order valence-corrected chi connectivity index (χ3v) is 4.45. The van der Waals surface area contributed by atoms with Gasteiger partial charge in [0.05, 0.1) is 11.3 Å². The van der Waals surface area contributed by atoms with Gasteiger partial charge in [-0.3, -0.25) is 4.79 Å². The van der Waals surface area contributed by atoms with E-state index in [9.17, 15) is 4.79 Å². The molecule has 0 radical (unpaired) electrons. The van der Waals surface area contributed by atoms with Gasteiger partial charge in [0.15, 0.2) is 5.13 Å². The molecule has 118 valence electrons. The van der Waals surface area contributed by atoms with Crippen LogP contribution in [-0.4, -0.2) is 17.5 Å². The predicted octanol–water partition coefficient (Wildman–Crippen LogP) is 4.29. The van der Waals surface area contributed by atoms with Gasteiger partial charge < -0.3 is 15.8 Å². The molecular formula is C16H14BrN3O2S. The Labute approximate surface area is 145 Å². The Morgan fingerprint density at radius 2 is 2.22 bits per heavy atom. The maximum Gasteiger partial charge on any atom is 0.255 e. The predicted molar refractivity (Wildman–Crippen MR) is 97.3 cm³/mol. The minimum Gasteiger partial charge on any atom is -0.491 e. The highest BCUT2D eigenvalue weighted by molar-refractivity contribution is 9.10. The molecule has 1 aromatic heterocycles. The normalized spacial score (nSPS) is 10.7. The maximum absolute atomic E-state index is 12.4. The molecule has 3 aromatic rings. The zero-order chi connectivity index (χ0) is 16.4. The first-order valence-corrected chi connectivity index (χ1v) is 8.57. The number of anilines is 2. The summed E-state index contributed by atoms with van der Waals surface area (Å²) >= 11 is 4.72. The van der Waals surface area contributed by atoms with Gasteiger partial charge in [-0.05, 0) is 31.2 Å². The van der Waals surface area contributed by atoms with E-state index in [0.717, 1.165) is 14.7 Å². The van der Waals surface area contributed by atoms with Gasteiger partial charge in [-0.25, -0.2) is 4.98 Å². The molecule has 23 heavy (non-hydrogen) atoms. The lowest BCUT2D eigenvalue weighted by atomic mass is 10.2. The first kappa shape index (κ1) is 15.8. The number of carbonyl (C=O) groups is 1. The number of nitrogens with zero attached hydrogens (tertiary/aromatic N) is 1. The highest BCUT2D eigenvalue weighted by Crippen LogP contribution is 2.34. The van der Waals surface area contributed by atoms with Crippen molar-refractivity contribution in [2.24, 2.45) is 0 Å². The molecule has 0 saturated carbocycles. The second-order valence-corrected chi connectivity index (χ2v) is 6.75. The number of nitrogens with one attached hydrogen (secondary N) is 1. The van der Waals surface area contributed by atoms with Gasteiger partial charge in [0.2, 0.25) is 0 Å². The van der Waals surface area contributed by atoms with Gasteiger partial charge in [-0.1, -0.05) is 33.3 Å². The second kappa shape index (κ2) is 6.55. The molecule has 2 aromatic carbocycles. The van der Waals surface area contributed by atoms with Crippen LogP contribution in [0.3, 0.4) is 0 Å². The Morgan fingerprint density at radius 1 is 1.39 bits per heavy atom. The lowest BCUT2D eigenvalue weighted by Crippen LogP contribution is -2.11. The van der Waals surface area contributed by atoms with E-state index >= 15 is 0 Å². The summed E-state index contributed by atoms with van der Waals surface area (Å²) in [5, 5.41) is 3.35. The summed E-state index contributed by atoms with van der Waals surface area (Å²) < 4.78 is 7.34. The molecule has 0 saturated heterocycles. The van der Waals surface area contributed by atoms with Crippen molar-refractivity contribution in [1.29, 1.82) is 0 Å². The first-order valence-electron chi connectivity index (χ1n) is 6.96. The standard InChI is InChI=1S/C16H14BrN3O2S/c1-2-22-12-7-11(8-13-14(12)20-16(18)23-13)19-15(21)9-4-3-5-10(17)6-9/h3-8H,2H2,1H3,(H2,18,20)(H,19,21). The Morgan fingerprint density at radius 3 is 2.96 bits per heavy atom. The molecule has 0 aliphatic carbocycles. The lowest BCUT2D eigenvalue weighted by molar-refractivity contribution is 0.102. The van der Waals surface area contributed by atoms with Crippen LogP contribution in [0.15, 0.2) is 40.9 Å². The molecule has 7 heteroatoms. The van der Waals surface area contributed by atoms with E-state index in [2.05, 4.69) is 26.2 Å². The zero-order valence-electron chi connectivity index (χ0n) is 12.3. The number of nitrogens with two attached hydrogens (primary N) is 1. The Hall–Kier alpha value is -2.12. The number of thiazole rings is 1. The molecule has 1 heterocycles. The van der Waals surface area contributed by atoms with E-state index < -0.39 is 0 Å². The lowest BCUT2D eigenvalue weighted by Gasteiger charge is -2.09. The largest absolute Gasteiger partial charge is 0.491 e. The number of amides is 1. The quantitative estimate of drug-likeness (QED) is 0.695. The first-order chi connectivity index (χ1) is 11.1. The van der Waals surface area contributed by atoms with Gasteiger partial charge in [-0.15, -0.1) is 0 Å². The maximum atomic E-state index is 12.4. The van der Waals surface area contributed by atoms with Crippen LogP contribution in [0.5, 0.6) is 5.75 Å². The fraction of sp³-hybridized carbons (Fsp3) is 0.125. The van der Waals surface area contributed by atoms with Crippen molar-refractivity contribution in [3.63, 3.8) is 0 Å². The fourth-order valence-electron chi connectivity index (χ4n) is 2.19. The van der Waals surface area contributed by atoms with Gasteiger partial charge in [0, 0.05) is 21.8 Å². The summed E-state index contributed by atoms with van der Waals surface area (Å²) in [7, 11) is 0. The molecule has 3 N–H and O–H groups in total. The number of halogens is 1. The average Bonchev–Trinajstić information content (AvgIpc) is 2.88. The van der Waals surface area contributed by atoms with Crippen molar-refractivity contribution in [2.75, 3.05) is 17.7 Å². The summed E-state index contributed by atoms with van der Waals surface area (Å²) in [6.45, 7) is 2.41. The highest BCUT2D eigenvalue weighted by Gasteiger charge is 2.13. The number of nitrogen functional groups attached to an aromatic ring is 1. The van der Waals surface area contributed by atoms with Crippen LogP contribution in [-0.2, 0) is 0 Å². The van der Waals surface area contributed by atoms with Gasteiger partial charge in [0.1, 0.15) is 11.3 Å². The van der Waals surface area contributed by atoms with E-state index in [-0.39, 0.29) is 5.91 Å². The van der Waals surface area contributed by atoms with Gasteiger partial charge >= 0.3 is 0 Å². The van der Waals surface area contributed by atoms with Crippen LogP contribution in [0.1, 0.15) is 17.3 Å². The average molecular weight is 392 g/mol. The summed E-state index contributed by atoms with van der Waals surface area (Å²) in [5.41, 5.74) is 7.71. The molecule has 0 bridgehead atoms. The van der Waals surface area contributed by atoms with Crippen LogP contribution >= 0.6 is 27.3 Å². The molecule has 0 aliphatic heterocycles. The highest BCUT2D eigenvalue weighted by atomic mass is 79.9. The SMILES string of the molecule is CCOc1cc(NC(=O)c2cccc(Br)c2)cc2sc(N)nc12. The molecular weight excluding hydrogens is 378 g/mol. The van der Waals surface area contributed by atoms with Crippen molar-refractivity contribution in [3.8, 4) is 5.75 Å². The van der Waals surface area contributed by atoms with E-state index in [1.807, 2.05) is 25.1 Å². The molecule has 3 rings (SSSR count). The molecule has 0 spiro atoms. The number of fused-ring (bicyclic) bond motifs is 1. The fourth-order valence-corrected chi connectivity index (χ4v) is 3.38. The molecule has 1 amide bonds. The number of hydrogen-bond donors (Lipinski definition) is 2. The monoisotopic (exact) mass is 391 g/mol. The van der Waals surface area contributed by atoms with Crippen LogP contribution in [0.2, 0.25) is 0 Å². The number of aromatic nitrogens is 1. The molecule has 0 unspecified atom stereocenters. The minimum atomic E-state index is -0.189. The van der Waals surface area contributed by atoms with E-state index in [0.29, 0.717) is 28.7 Å². The van der Waals surface area contributed by atoms with Gasteiger partial charge in [0.25, 0.3) is 5.91 Å². The van der Waals surface area contributed by atoms with Crippen LogP contribution in [0.4, 0.5) is 10.8 Å². The van der Waals surface area contributed by atoms with E-state index in [1.54, 1.807) is 18.2 Å². The number of benzene rings is 2. The van der Waals surface area contributed by atoms with E-state index in [4.69, 9.17) is 10.5 Å². The van der Waals surface area contributed by atoms with Crippen molar-refractivity contribution in [1.82, 2.24) is 4.98 Å². The van der Waals surface area contributed by atoms with Crippen LogP contribution in [0, 0.1) is 0 Å². The van der Waals surface area contributed by atoms with Crippen LogP contribution < -0.4 is 15.8 Å². The summed E-state index contributed by atoms with van der Waals surface area (Å²) in [4.78, 5) is 16.6. The third kappa shape index (κ3) is 3.46. The molecule has 0 fully saturated rings. The van der Waals surface area contributed by atoms with Crippen LogP contribution in [0.25, 0.3) is 10.2 Å². The molecule has 5 nitrogen and oxygen atoms in total. The number of ether oxygens (including phenoxy) is 1. The van der Waals surface area contributed by atoms with E-state index in [1.165, 1.54) is 11.3 Å². The molecule has 0 atom stereocenters. The van der Waals surface area contributed by atoms with Crippen molar-refractivity contribution in [2.45, 2.75) is 6.92 Å². The Bertz CT molecular complexity index is 879. The second-order valence-electron chi connectivity index (χ2n) is 4.77. The number of carbonyl (C=O) groups excluding carboxylic acids is 1. The minimum absolute atomic E-state index is 0.189. The summed E-state index contributed by atoms with van der Waals surface area (Å²) in [6, 6.07) is 10.8. The number of hydrogen-bond acceptors (Lipinski definition) is 5. The summed E-state index contributed by atoms with van der Waals surface area (Å²) in [6.07, 6.45) is 0. The van der Waals surface area contributed by atoms with Gasteiger partial charge in [-0.2, -0.15) is 0 Å². The summed E-state index contributed by atoms with van der Waals surface area (Å²) in [5.74, 6) is 0.424. The smallest absolute Gasteiger partial charge is 0.255 e. The topological polar surface area (TPSA) is 77.2 Å². The van der Waals surface area contributed by atoms with Crippen molar-refractivity contribution >= 4 is 54.2 Å². The zero-order valence-corrected chi connectivity index (χ0v) is 14.7. The Balaban J connectivity index is 1.94. The van der Waals surface area contributed by atoms with Crippen molar-refractivity contribution in [3.05, 3.63) is 46.4 Å². The molecule has 0 aliphatic rings.